The van der Waals surface area contributed by atoms with Crippen LogP contribution in [0.15, 0.2) is 36.5 Å². The van der Waals surface area contributed by atoms with Crippen molar-refractivity contribution in [3.63, 3.8) is 0 Å². The highest BCUT2D eigenvalue weighted by atomic mass is 16.7. The molecule has 54 heavy (non-hydrogen) atoms. The summed E-state index contributed by atoms with van der Waals surface area (Å²) in [7, 11) is 0. The Hall–Kier alpha value is -1.79. The minimum atomic E-state index is -1.79. The summed E-state index contributed by atoms with van der Waals surface area (Å²) < 4.78 is 22.1. The largest absolute Gasteiger partial charge is 0.394 e. The summed E-state index contributed by atoms with van der Waals surface area (Å²) in [4.78, 5) is 11.9. The van der Waals surface area contributed by atoms with Crippen molar-refractivity contribution in [3.05, 3.63) is 36.5 Å². The van der Waals surface area contributed by atoms with Crippen LogP contribution in [0.4, 0.5) is 0 Å². The number of carbonyl (C=O) groups is 1. The van der Waals surface area contributed by atoms with Crippen molar-refractivity contribution < 1.29 is 64.6 Å². The van der Waals surface area contributed by atoms with Crippen LogP contribution in [0.3, 0.4) is 0 Å². The number of rotatable bonds is 28. The maximum atomic E-state index is 11.9. The summed E-state index contributed by atoms with van der Waals surface area (Å²) in [5, 5.41) is 84.7. The molecule has 2 heterocycles. The molecule has 2 aliphatic rings. The average molecular weight is 774 g/mol. The minimum Gasteiger partial charge on any atom is -0.394 e. The molecular formula is C40H71NO13. The van der Waals surface area contributed by atoms with Gasteiger partial charge in [0.25, 0.3) is 0 Å². The van der Waals surface area contributed by atoms with Gasteiger partial charge in [0.2, 0.25) is 5.91 Å². The monoisotopic (exact) mass is 773 g/mol. The van der Waals surface area contributed by atoms with Crippen LogP contribution in [-0.4, -0.2) is 140 Å². The molecular weight excluding hydrogens is 702 g/mol. The van der Waals surface area contributed by atoms with Gasteiger partial charge < -0.3 is 65.1 Å². The molecule has 0 aromatic rings. The quantitative estimate of drug-likeness (QED) is 0.0412. The van der Waals surface area contributed by atoms with Crippen molar-refractivity contribution in [2.75, 3.05) is 19.8 Å². The predicted molar refractivity (Wildman–Crippen MR) is 203 cm³/mol. The van der Waals surface area contributed by atoms with Crippen molar-refractivity contribution in [2.45, 2.75) is 190 Å². The summed E-state index contributed by atoms with van der Waals surface area (Å²) in [6.45, 7) is 1.77. The third-order valence-corrected chi connectivity index (χ3v) is 9.84. The Balaban J connectivity index is 1.69. The van der Waals surface area contributed by atoms with E-state index in [0.717, 1.165) is 25.7 Å². The lowest BCUT2D eigenvalue weighted by Crippen LogP contribution is -2.65. The number of aliphatic hydroxyl groups is 8. The molecule has 0 spiro atoms. The average Bonchev–Trinajstić information content (AvgIpc) is 3.16. The zero-order valence-corrected chi connectivity index (χ0v) is 32.4. The summed E-state index contributed by atoms with van der Waals surface area (Å²) in [6, 6.07) is -0.935. The first-order valence-corrected chi connectivity index (χ1v) is 20.2. The van der Waals surface area contributed by atoms with Crippen molar-refractivity contribution in [1.29, 1.82) is 0 Å². The zero-order chi connectivity index (χ0) is 39.7. The van der Waals surface area contributed by atoms with Gasteiger partial charge >= 0.3 is 0 Å². The molecule has 2 aliphatic heterocycles. The molecule has 2 saturated heterocycles. The molecule has 0 bridgehead atoms. The Kier molecular flexibility index (Phi) is 25.6. The van der Waals surface area contributed by atoms with E-state index in [1.54, 1.807) is 12.2 Å². The van der Waals surface area contributed by atoms with Crippen molar-refractivity contribution in [1.82, 2.24) is 5.32 Å². The first-order chi connectivity index (χ1) is 26.0. The van der Waals surface area contributed by atoms with Crippen LogP contribution >= 0.6 is 0 Å². The van der Waals surface area contributed by atoms with E-state index in [2.05, 4.69) is 36.5 Å². The molecule has 0 radical (unpaired) electrons. The van der Waals surface area contributed by atoms with Crippen LogP contribution in [-0.2, 0) is 23.7 Å². The van der Waals surface area contributed by atoms with Crippen LogP contribution in [0.1, 0.15) is 117 Å². The van der Waals surface area contributed by atoms with E-state index >= 15 is 0 Å². The lowest BCUT2D eigenvalue weighted by molar-refractivity contribution is -0.359. The fourth-order valence-electron chi connectivity index (χ4n) is 6.53. The molecule has 1 amide bonds. The van der Waals surface area contributed by atoms with Gasteiger partial charge in [0.1, 0.15) is 48.8 Å². The number of unbranched alkanes of at least 4 members (excludes halogenated alkanes) is 13. The van der Waals surface area contributed by atoms with Gasteiger partial charge in [-0.15, -0.1) is 0 Å². The van der Waals surface area contributed by atoms with E-state index < -0.39 is 92.7 Å². The van der Waals surface area contributed by atoms with Crippen LogP contribution in [0, 0.1) is 0 Å². The van der Waals surface area contributed by atoms with Crippen LogP contribution in [0.5, 0.6) is 0 Å². The zero-order valence-electron chi connectivity index (χ0n) is 32.4. The van der Waals surface area contributed by atoms with E-state index in [9.17, 15) is 45.6 Å². The summed E-state index contributed by atoms with van der Waals surface area (Å²) in [5.74, 6) is -0.432. The number of hydrogen-bond donors (Lipinski definition) is 9. The summed E-state index contributed by atoms with van der Waals surface area (Å²) >= 11 is 0. The predicted octanol–water partition coefficient (Wildman–Crippen LogP) is 2.42. The Bertz CT molecular complexity index is 1060. The Morgan fingerprint density at radius 2 is 1.15 bits per heavy atom. The van der Waals surface area contributed by atoms with Gasteiger partial charge in [0.05, 0.1) is 32.0 Å². The molecule has 9 N–H and O–H groups in total. The number of allylic oxidation sites excluding steroid dienone is 5. The maximum Gasteiger partial charge on any atom is 0.217 e. The molecule has 2 fully saturated rings. The highest BCUT2D eigenvalue weighted by molar-refractivity contribution is 5.73. The Labute approximate surface area is 321 Å². The lowest BCUT2D eigenvalue weighted by atomic mass is 9.97. The van der Waals surface area contributed by atoms with Crippen LogP contribution < -0.4 is 5.32 Å². The molecule has 14 nitrogen and oxygen atoms in total. The van der Waals surface area contributed by atoms with Gasteiger partial charge in [-0.2, -0.15) is 0 Å². The molecule has 14 heteroatoms. The van der Waals surface area contributed by atoms with Gasteiger partial charge in [0.15, 0.2) is 12.6 Å². The summed E-state index contributed by atoms with van der Waals surface area (Å²) in [5.41, 5.74) is 0. The number of carbonyl (C=O) groups excluding carboxylic acids is 1. The second-order valence-electron chi connectivity index (χ2n) is 14.5. The fourth-order valence-corrected chi connectivity index (χ4v) is 6.53. The van der Waals surface area contributed by atoms with E-state index in [4.69, 9.17) is 18.9 Å². The van der Waals surface area contributed by atoms with Gasteiger partial charge in [0, 0.05) is 6.92 Å². The summed E-state index contributed by atoms with van der Waals surface area (Å²) in [6.07, 6.45) is 14.5. The molecule has 12 atom stereocenters. The van der Waals surface area contributed by atoms with E-state index in [-0.39, 0.29) is 6.61 Å². The van der Waals surface area contributed by atoms with Crippen molar-refractivity contribution in [3.8, 4) is 0 Å². The van der Waals surface area contributed by atoms with E-state index in [1.165, 1.54) is 77.6 Å². The third-order valence-electron chi connectivity index (χ3n) is 9.84. The van der Waals surface area contributed by atoms with Crippen LogP contribution in [0.2, 0.25) is 0 Å². The van der Waals surface area contributed by atoms with Gasteiger partial charge in [-0.25, -0.2) is 0 Å². The first kappa shape index (κ1) is 48.4. The standard InChI is InChI=1S/C40H71NO13/c1-3-4-5-6-7-8-9-10-11-12-13-14-15-16-17-18-19-20-21-22-23-24-30(45)29(41-28(2)44)27-51-39-37(50)35(48)38(32(26-43)53-39)54-40-36(49)34(47)33(46)31(25-42)52-40/h15-16,19-20,23-24,29-40,42-43,45-50H,3-14,17-18,21-22,25-27H2,1-2H3,(H,41,44)/b16-15+,20-19+,24-23+. The Morgan fingerprint density at radius 1 is 0.648 bits per heavy atom. The van der Waals surface area contributed by atoms with E-state index in [1.807, 2.05) is 0 Å². The molecule has 0 aromatic heterocycles. The molecule has 0 aliphatic carbocycles. The van der Waals surface area contributed by atoms with Gasteiger partial charge in [-0.05, 0) is 38.5 Å². The topological polar surface area (TPSA) is 228 Å². The first-order valence-electron chi connectivity index (χ1n) is 20.2. The lowest BCUT2D eigenvalue weighted by Gasteiger charge is -2.46. The highest BCUT2D eigenvalue weighted by Crippen LogP contribution is 2.29. The highest BCUT2D eigenvalue weighted by Gasteiger charge is 2.50. The van der Waals surface area contributed by atoms with E-state index in [0.29, 0.717) is 6.42 Å². The number of amides is 1. The SMILES string of the molecule is CCCCCCCCCCCCC/C=C/CC/C=C/CC/C=C/C(O)C(COC1OC(CO)C(OC2OC(CO)C(O)C(O)C2O)C(O)C1O)NC(C)=O. The number of hydrogen-bond acceptors (Lipinski definition) is 13. The van der Waals surface area contributed by atoms with Crippen molar-refractivity contribution in [2.24, 2.45) is 0 Å². The van der Waals surface area contributed by atoms with Gasteiger partial charge in [-0.1, -0.05) is 108 Å². The smallest absolute Gasteiger partial charge is 0.217 e. The maximum absolute atomic E-state index is 11.9. The Morgan fingerprint density at radius 3 is 1.70 bits per heavy atom. The molecule has 0 aromatic carbocycles. The molecule has 0 saturated carbocycles. The third kappa shape index (κ3) is 18.0. The second kappa shape index (κ2) is 28.6. The molecule has 314 valence electrons. The fraction of sp³-hybridized carbons (Fsp3) is 0.825. The molecule has 2 rings (SSSR count). The van der Waals surface area contributed by atoms with Crippen molar-refractivity contribution >= 4 is 5.91 Å². The molecule has 12 unspecified atom stereocenters. The number of nitrogens with one attached hydrogen (secondary N) is 1. The van der Waals surface area contributed by atoms with Gasteiger partial charge in [-0.3, -0.25) is 4.79 Å². The normalized spacial score (nSPS) is 30.4. The van der Waals surface area contributed by atoms with Crippen LogP contribution in [0.25, 0.3) is 0 Å². The number of aliphatic hydroxyl groups excluding tert-OH is 8. The minimum absolute atomic E-state index is 0.331. The number of ether oxygens (including phenoxy) is 4. The second-order valence-corrected chi connectivity index (χ2v) is 14.5.